The fourth-order valence-corrected chi connectivity index (χ4v) is 1.67. The molecule has 3 N–H and O–H groups in total. The number of carbonyl (C=O) groups excluding carboxylic acids is 1. The van der Waals surface area contributed by atoms with E-state index in [4.69, 9.17) is 5.73 Å². The lowest BCUT2D eigenvalue weighted by molar-refractivity contribution is 0.112. The molecule has 0 spiro atoms. The Balaban J connectivity index is 2.25. The van der Waals surface area contributed by atoms with E-state index in [1.54, 1.807) is 0 Å². The van der Waals surface area contributed by atoms with E-state index in [0.29, 0.717) is 17.7 Å². The highest BCUT2D eigenvalue weighted by Crippen LogP contribution is 2.21. The van der Waals surface area contributed by atoms with E-state index in [1.165, 1.54) is 6.33 Å². The maximum absolute atomic E-state index is 11.0. The topological polar surface area (TPSA) is 80.9 Å². The molecule has 0 bridgehead atoms. The van der Waals surface area contributed by atoms with Crippen LogP contribution in [0.2, 0.25) is 0 Å². The number of aromatic nitrogens is 2. The lowest BCUT2D eigenvalue weighted by atomic mass is 10.1. The van der Waals surface area contributed by atoms with Gasteiger partial charge in [0.15, 0.2) is 6.29 Å². The van der Waals surface area contributed by atoms with Crippen molar-refractivity contribution >= 4 is 17.9 Å². The minimum absolute atomic E-state index is 0.0270. The summed E-state index contributed by atoms with van der Waals surface area (Å²) in [5.74, 6) is 0.636. The van der Waals surface area contributed by atoms with Crippen LogP contribution in [0.5, 0.6) is 0 Å². The van der Waals surface area contributed by atoms with Crippen molar-refractivity contribution in [3.63, 3.8) is 0 Å². The summed E-state index contributed by atoms with van der Waals surface area (Å²) in [5, 5.41) is 3.16. The molecular weight excluding hydrogens is 228 g/mol. The molecule has 0 unspecified atom stereocenters. The largest absolute Gasteiger partial charge is 0.383 e. The smallest absolute Gasteiger partial charge is 0.157 e. The maximum atomic E-state index is 11.0. The number of carbonyl (C=O) groups is 1. The number of anilines is 2. The highest BCUT2D eigenvalue weighted by atomic mass is 16.1. The zero-order valence-corrected chi connectivity index (χ0v) is 10.00. The lowest BCUT2D eigenvalue weighted by Crippen LogP contribution is -2.11. The average Bonchev–Trinajstić information content (AvgIpc) is 2.40. The summed E-state index contributed by atoms with van der Waals surface area (Å²) in [6, 6.07) is 9.91. The van der Waals surface area contributed by atoms with E-state index in [2.05, 4.69) is 15.3 Å². The van der Waals surface area contributed by atoms with Gasteiger partial charge in [-0.05, 0) is 12.5 Å². The van der Waals surface area contributed by atoms with Crippen LogP contribution >= 0.6 is 0 Å². The average molecular weight is 242 g/mol. The Kier molecular flexibility index (Phi) is 3.52. The van der Waals surface area contributed by atoms with Gasteiger partial charge in [-0.15, -0.1) is 0 Å². The number of benzene rings is 1. The van der Waals surface area contributed by atoms with Gasteiger partial charge in [0.2, 0.25) is 0 Å². The SMILES string of the molecule is C[C@H](Nc1ncnc(N)c1C=O)c1ccccc1. The van der Waals surface area contributed by atoms with Gasteiger partial charge >= 0.3 is 0 Å². The zero-order valence-electron chi connectivity index (χ0n) is 10.00. The van der Waals surface area contributed by atoms with Gasteiger partial charge in [-0.25, -0.2) is 9.97 Å². The first kappa shape index (κ1) is 12.0. The third-order valence-corrected chi connectivity index (χ3v) is 2.69. The summed E-state index contributed by atoms with van der Waals surface area (Å²) in [4.78, 5) is 18.8. The molecule has 0 saturated carbocycles. The molecular formula is C13H14N4O. The molecule has 18 heavy (non-hydrogen) atoms. The van der Waals surface area contributed by atoms with Crippen molar-refractivity contribution in [1.29, 1.82) is 0 Å². The number of rotatable bonds is 4. The van der Waals surface area contributed by atoms with Crippen LogP contribution < -0.4 is 11.1 Å². The van der Waals surface area contributed by atoms with Gasteiger partial charge in [-0.2, -0.15) is 0 Å². The molecule has 0 fully saturated rings. The second kappa shape index (κ2) is 5.27. The minimum Gasteiger partial charge on any atom is -0.383 e. The Labute approximate surface area is 105 Å². The van der Waals surface area contributed by atoms with Gasteiger partial charge in [-0.3, -0.25) is 4.79 Å². The van der Waals surface area contributed by atoms with Gasteiger partial charge in [0.1, 0.15) is 18.0 Å². The second-order valence-electron chi connectivity index (χ2n) is 3.92. The van der Waals surface area contributed by atoms with Crippen molar-refractivity contribution in [2.24, 2.45) is 0 Å². The highest BCUT2D eigenvalue weighted by molar-refractivity contribution is 5.88. The molecule has 0 saturated heterocycles. The first-order valence-corrected chi connectivity index (χ1v) is 5.59. The quantitative estimate of drug-likeness (QED) is 0.802. The monoisotopic (exact) mass is 242 g/mol. The predicted octanol–water partition coefficient (Wildman–Crippen LogP) is 2.04. The van der Waals surface area contributed by atoms with Crippen LogP contribution in [0.1, 0.15) is 28.9 Å². The maximum Gasteiger partial charge on any atom is 0.157 e. The summed E-state index contributed by atoms with van der Waals surface area (Å²) in [6.45, 7) is 1.99. The van der Waals surface area contributed by atoms with Crippen LogP contribution in [0, 0.1) is 0 Å². The lowest BCUT2D eigenvalue weighted by Gasteiger charge is -2.16. The normalized spacial score (nSPS) is 11.8. The van der Waals surface area contributed by atoms with Crippen molar-refractivity contribution in [1.82, 2.24) is 9.97 Å². The van der Waals surface area contributed by atoms with Gasteiger partial charge in [0.25, 0.3) is 0 Å². The van der Waals surface area contributed by atoms with Crippen LogP contribution in [-0.4, -0.2) is 16.3 Å². The molecule has 0 aliphatic heterocycles. The first-order chi connectivity index (χ1) is 8.72. The minimum atomic E-state index is 0.0270. The van der Waals surface area contributed by atoms with E-state index in [9.17, 15) is 4.79 Å². The van der Waals surface area contributed by atoms with Crippen LogP contribution in [0.25, 0.3) is 0 Å². The van der Waals surface area contributed by atoms with Gasteiger partial charge in [-0.1, -0.05) is 30.3 Å². The fraction of sp³-hybridized carbons (Fsp3) is 0.154. The number of nitrogen functional groups attached to an aromatic ring is 1. The summed E-state index contributed by atoms with van der Waals surface area (Å²) < 4.78 is 0. The van der Waals surface area contributed by atoms with E-state index < -0.39 is 0 Å². The highest BCUT2D eigenvalue weighted by Gasteiger charge is 2.11. The molecule has 1 atom stereocenters. The van der Waals surface area contributed by atoms with Crippen LogP contribution in [0.15, 0.2) is 36.7 Å². The summed E-state index contributed by atoms with van der Waals surface area (Å²) >= 11 is 0. The summed E-state index contributed by atoms with van der Waals surface area (Å²) in [6.07, 6.45) is 2.00. The third kappa shape index (κ3) is 2.45. The molecule has 2 rings (SSSR count). The van der Waals surface area contributed by atoms with E-state index in [-0.39, 0.29) is 11.9 Å². The van der Waals surface area contributed by atoms with Gasteiger partial charge in [0.05, 0.1) is 5.56 Å². The number of nitrogens with one attached hydrogen (secondary N) is 1. The zero-order chi connectivity index (χ0) is 13.0. The van der Waals surface area contributed by atoms with Crippen molar-refractivity contribution in [3.8, 4) is 0 Å². The Bertz CT molecular complexity index is 542. The summed E-state index contributed by atoms with van der Waals surface area (Å²) in [7, 11) is 0. The number of aldehydes is 1. The second-order valence-corrected chi connectivity index (χ2v) is 3.92. The van der Waals surface area contributed by atoms with Crippen molar-refractivity contribution in [3.05, 3.63) is 47.8 Å². The number of nitrogens with two attached hydrogens (primary N) is 1. The van der Waals surface area contributed by atoms with E-state index in [0.717, 1.165) is 5.56 Å². The number of nitrogens with zero attached hydrogens (tertiary/aromatic N) is 2. The molecule has 0 amide bonds. The van der Waals surface area contributed by atoms with Gasteiger partial charge < -0.3 is 11.1 Å². The molecule has 92 valence electrons. The van der Waals surface area contributed by atoms with E-state index in [1.807, 2.05) is 37.3 Å². The molecule has 0 aliphatic rings. The number of hydrogen-bond donors (Lipinski definition) is 2. The Morgan fingerprint density at radius 3 is 2.67 bits per heavy atom. The Morgan fingerprint density at radius 1 is 1.28 bits per heavy atom. The van der Waals surface area contributed by atoms with E-state index >= 15 is 0 Å². The van der Waals surface area contributed by atoms with Crippen molar-refractivity contribution in [2.45, 2.75) is 13.0 Å². The molecule has 5 heteroatoms. The predicted molar refractivity (Wildman–Crippen MR) is 70.3 cm³/mol. The molecule has 0 aliphatic carbocycles. The Hall–Kier alpha value is -2.43. The van der Waals surface area contributed by atoms with Crippen molar-refractivity contribution in [2.75, 3.05) is 11.1 Å². The van der Waals surface area contributed by atoms with Crippen LogP contribution in [-0.2, 0) is 0 Å². The molecule has 0 radical (unpaired) electrons. The molecule has 2 aromatic rings. The summed E-state index contributed by atoms with van der Waals surface area (Å²) in [5.41, 5.74) is 7.02. The van der Waals surface area contributed by atoms with Crippen LogP contribution in [0.4, 0.5) is 11.6 Å². The first-order valence-electron chi connectivity index (χ1n) is 5.59. The fourth-order valence-electron chi connectivity index (χ4n) is 1.67. The molecule has 5 nitrogen and oxygen atoms in total. The molecule has 1 aromatic heterocycles. The Morgan fingerprint density at radius 2 is 2.00 bits per heavy atom. The standard InChI is InChI=1S/C13H14N4O/c1-9(10-5-3-2-4-6-10)17-13-11(7-18)12(14)15-8-16-13/h2-9H,1H3,(H3,14,15,16,17)/t9-/m0/s1. The van der Waals surface area contributed by atoms with Crippen molar-refractivity contribution < 1.29 is 4.79 Å². The third-order valence-electron chi connectivity index (χ3n) is 2.69. The molecule has 1 aromatic carbocycles. The molecule has 1 heterocycles. The van der Waals surface area contributed by atoms with Crippen LogP contribution in [0.3, 0.4) is 0 Å². The van der Waals surface area contributed by atoms with Gasteiger partial charge in [0, 0.05) is 6.04 Å². The number of hydrogen-bond acceptors (Lipinski definition) is 5.